The van der Waals surface area contributed by atoms with E-state index in [-0.39, 0.29) is 24.8 Å². The summed E-state index contributed by atoms with van der Waals surface area (Å²) < 4.78 is 45.2. The van der Waals surface area contributed by atoms with Gasteiger partial charge >= 0.3 is 0 Å². The molecule has 1 N–H and O–H groups in total. The largest absolute Gasteiger partial charge is 0.381 e. The fraction of sp³-hybridized carbons (Fsp3) is 0.632. The molecular weight excluding hydrogens is 389 g/mol. The number of aromatic nitrogens is 3. The maximum absolute atomic E-state index is 13.4. The van der Waals surface area contributed by atoms with Crippen molar-refractivity contribution in [3.05, 3.63) is 22.8 Å². The molecular formula is C19H23F3N4OS. The van der Waals surface area contributed by atoms with Crippen LogP contribution in [0.5, 0.6) is 0 Å². The van der Waals surface area contributed by atoms with Crippen LogP contribution in [0, 0.1) is 0 Å². The Morgan fingerprint density at radius 3 is 2.54 bits per heavy atom. The van der Waals surface area contributed by atoms with Gasteiger partial charge in [0.25, 0.3) is 0 Å². The number of ether oxygens (including phenoxy) is 1. The molecule has 2 aromatic heterocycles. The predicted octanol–water partition coefficient (Wildman–Crippen LogP) is 4.95. The highest BCUT2D eigenvalue weighted by molar-refractivity contribution is 7.13. The molecule has 0 unspecified atom stereocenters. The van der Waals surface area contributed by atoms with Gasteiger partial charge < -0.3 is 10.1 Å². The van der Waals surface area contributed by atoms with Crippen molar-refractivity contribution in [2.24, 2.45) is 0 Å². The molecule has 0 spiro atoms. The zero-order valence-electron chi connectivity index (χ0n) is 15.5. The quantitative estimate of drug-likeness (QED) is 0.753. The summed E-state index contributed by atoms with van der Waals surface area (Å²) in [5, 5.41) is 5.55. The van der Waals surface area contributed by atoms with Gasteiger partial charge in [0.05, 0.1) is 5.69 Å². The lowest BCUT2D eigenvalue weighted by molar-refractivity contribution is -0.0361. The molecule has 2 aliphatic rings. The molecule has 9 heteroatoms. The number of hydrogen-bond donors (Lipinski definition) is 1. The highest BCUT2D eigenvalue weighted by atomic mass is 32.1. The van der Waals surface area contributed by atoms with Gasteiger partial charge in [0.15, 0.2) is 10.8 Å². The average molecular weight is 412 g/mol. The van der Waals surface area contributed by atoms with Crippen LogP contribution in [0.25, 0.3) is 10.8 Å². The highest BCUT2D eigenvalue weighted by Gasteiger charge is 2.35. The van der Waals surface area contributed by atoms with Crippen LogP contribution < -0.4 is 5.32 Å². The van der Waals surface area contributed by atoms with E-state index in [1.54, 1.807) is 5.38 Å². The standard InChI is InChI=1S/C19H23F3N4OS/c20-10-14-11-28-18(24-14)17-25-15(12-3-7-27-8-4-12)9-16(26-17)23-13-1-5-19(21,22)6-2-13/h9,11-13H,1-8,10H2,(H,23,25,26). The number of nitrogens with one attached hydrogen (secondary N) is 1. The number of thiazole rings is 1. The van der Waals surface area contributed by atoms with Crippen molar-refractivity contribution in [3.8, 4) is 10.8 Å². The van der Waals surface area contributed by atoms with Gasteiger partial charge in [0.2, 0.25) is 5.92 Å². The average Bonchev–Trinajstić information content (AvgIpc) is 3.19. The maximum Gasteiger partial charge on any atom is 0.248 e. The van der Waals surface area contributed by atoms with Crippen molar-refractivity contribution in [1.29, 1.82) is 0 Å². The molecule has 152 valence electrons. The fourth-order valence-electron chi connectivity index (χ4n) is 3.70. The molecule has 0 radical (unpaired) electrons. The monoisotopic (exact) mass is 412 g/mol. The molecule has 2 fully saturated rings. The van der Waals surface area contributed by atoms with Crippen LogP contribution in [0.3, 0.4) is 0 Å². The third kappa shape index (κ3) is 4.63. The van der Waals surface area contributed by atoms with Crippen LogP contribution in [0.2, 0.25) is 0 Å². The highest BCUT2D eigenvalue weighted by Crippen LogP contribution is 2.35. The Kier molecular flexibility index (Phi) is 5.82. The van der Waals surface area contributed by atoms with E-state index in [9.17, 15) is 13.2 Å². The van der Waals surface area contributed by atoms with E-state index in [1.807, 2.05) is 6.07 Å². The molecule has 0 aromatic carbocycles. The third-order valence-corrected chi connectivity index (χ3v) is 6.22. The summed E-state index contributed by atoms with van der Waals surface area (Å²) in [5.41, 5.74) is 1.26. The van der Waals surface area contributed by atoms with Gasteiger partial charge in [-0.3, -0.25) is 0 Å². The van der Waals surface area contributed by atoms with Crippen molar-refractivity contribution < 1.29 is 17.9 Å². The lowest BCUT2D eigenvalue weighted by Gasteiger charge is -2.29. The first-order chi connectivity index (χ1) is 13.5. The van der Waals surface area contributed by atoms with Gasteiger partial charge in [-0.05, 0) is 25.7 Å². The molecule has 3 heterocycles. The number of anilines is 1. The van der Waals surface area contributed by atoms with Gasteiger partial charge in [-0.1, -0.05) is 0 Å². The molecule has 0 bridgehead atoms. The topological polar surface area (TPSA) is 59.9 Å². The molecule has 1 aliphatic heterocycles. The number of hydrogen-bond acceptors (Lipinski definition) is 6. The zero-order valence-corrected chi connectivity index (χ0v) is 16.3. The molecule has 0 atom stereocenters. The van der Waals surface area contributed by atoms with Crippen LogP contribution in [-0.2, 0) is 11.4 Å². The van der Waals surface area contributed by atoms with Gasteiger partial charge in [0.1, 0.15) is 12.5 Å². The normalized spacial score (nSPS) is 21.0. The second-order valence-corrected chi connectivity index (χ2v) is 8.30. The first-order valence-electron chi connectivity index (χ1n) is 9.64. The van der Waals surface area contributed by atoms with E-state index in [1.165, 1.54) is 11.3 Å². The lowest BCUT2D eigenvalue weighted by atomic mass is 9.92. The van der Waals surface area contributed by atoms with Gasteiger partial charge in [0, 0.05) is 55.2 Å². The SMILES string of the molecule is FCc1csc(-c2nc(NC3CCC(F)(F)CC3)cc(C3CCOCC3)n2)n1. The van der Waals surface area contributed by atoms with E-state index >= 15 is 0 Å². The first kappa shape index (κ1) is 19.6. The summed E-state index contributed by atoms with van der Waals surface area (Å²) in [6, 6.07) is 1.87. The Morgan fingerprint density at radius 1 is 1.11 bits per heavy atom. The maximum atomic E-state index is 13.4. The Labute approximate surface area is 165 Å². The van der Waals surface area contributed by atoms with Crippen molar-refractivity contribution in [2.45, 2.75) is 63.1 Å². The first-order valence-corrected chi connectivity index (χ1v) is 10.5. The molecule has 1 saturated heterocycles. The van der Waals surface area contributed by atoms with Crippen molar-refractivity contribution in [3.63, 3.8) is 0 Å². The fourth-order valence-corrected chi connectivity index (χ4v) is 4.43. The van der Waals surface area contributed by atoms with Crippen molar-refractivity contribution in [1.82, 2.24) is 15.0 Å². The smallest absolute Gasteiger partial charge is 0.248 e. The minimum absolute atomic E-state index is 0.0392. The van der Waals surface area contributed by atoms with Gasteiger partial charge in [-0.2, -0.15) is 0 Å². The van der Waals surface area contributed by atoms with Crippen LogP contribution in [0.15, 0.2) is 11.4 Å². The Hall–Kier alpha value is -1.74. The van der Waals surface area contributed by atoms with E-state index in [4.69, 9.17) is 4.74 Å². The minimum atomic E-state index is -2.56. The Balaban J connectivity index is 1.59. The molecule has 28 heavy (non-hydrogen) atoms. The second kappa shape index (κ2) is 8.32. The zero-order chi connectivity index (χ0) is 19.6. The number of rotatable bonds is 5. The molecule has 1 saturated carbocycles. The van der Waals surface area contributed by atoms with Gasteiger partial charge in [-0.25, -0.2) is 28.1 Å². The number of nitrogens with zero attached hydrogens (tertiary/aromatic N) is 3. The molecule has 4 rings (SSSR count). The van der Waals surface area contributed by atoms with Crippen molar-refractivity contribution in [2.75, 3.05) is 18.5 Å². The number of halogens is 3. The van der Waals surface area contributed by atoms with Crippen LogP contribution in [-0.4, -0.2) is 40.1 Å². The van der Waals surface area contributed by atoms with Crippen LogP contribution >= 0.6 is 11.3 Å². The van der Waals surface area contributed by atoms with E-state index < -0.39 is 12.6 Å². The summed E-state index contributed by atoms with van der Waals surface area (Å²) in [4.78, 5) is 13.5. The van der Waals surface area contributed by atoms with E-state index in [0.717, 1.165) is 18.5 Å². The number of alkyl halides is 3. The van der Waals surface area contributed by atoms with Crippen LogP contribution in [0.1, 0.15) is 55.8 Å². The molecule has 5 nitrogen and oxygen atoms in total. The predicted molar refractivity (Wildman–Crippen MR) is 102 cm³/mol. The molecule has 1 aliphatic carbocycles. The summed E-state index contributed by atoms with van der Waals surface area (Å²) in [6.45, 7) is 0.749. The minimum Gasteiger partial charge on any atom is -0.381 e. The van der Waals surface area contributed by atoms with E-state index in [2.05, 4.69) is 20.3 Å². The summed E-state index contributed by atoms with van der Waals surface area (Å²) in [5.74, 6) is -1.23. The Morgan fingerprint density at radius 2 is 1.86 bits per heavy atom. The third-order valence-electron chi connectivity index (χ3n) is 5.33. The summed E-state index contributed by atoms with van der Waals surface area (Å²) >= 11 is 1.31. The molecule has 0 amide bonds. The summed E-state index contributed by atoms with van der Waals surface area (Å²) in [7, 11) is 0. The second-order valence-electron chi connectivity index (χ2n) is 7.44. The van der Waals surface area contributed by atoms with Crippen molar-refractivity contribution >= 4 is 17.2 Å². The lowest BCUT2D eigenvalue weighted by Crippen LogP contribution is -2.32. The van der Waals surface area contributed by atoms with Gasteiger partial charge in [-0.15, -0.1) is 11.3 Å². The van der Waals surface area contributed by atoms with E-state index in [0.29, 0.717) is 48.4 Å². The molecule has 2 aromatic rings. The van der Waals surface area contributed by atoms with Crippen LogP contribution in [0.4, 0.5) is 19.0 Å². The Bertz CT molecular complexity index is 800. The summed E-state index contributed by atoms with van der Waals surface area (Å²) in [6.07, 6.45) is 2.34.